The van der Waals surface area contributed by atoms with Crippen molar-refractivity contribution in [3.8, 4) is 0 Å². The summed E-state index contributed by atoms with van der Waals surface area (Å²) in [5.74, 6) is -0.568. The van der Waals surface area contributed by atoms with E-state index in [2.05, 4.69) is 0 Å². The molecular formula is C2H2Hg2O2. The van der Waals surface area contributed by atoms with Gasteiger partial charge in [-0.1, -0.05) is 0 Å². The molecule has 4 heteroatoms. The Bertz CT molecular complexity index is 60.6. The third-order valence-corrected chi connectivity index (χ3v) is 3.06. The van der Waals surface area contributed by atoms with Crippen LogP contribution in [0.3, 0.4) is 0 Å². The zero-order chi connectivity index (χ0) is 5.15. The Morgan fingerprint density at radius 1 is 1.67 bits per heavy atom. The quantitative estimate of drug-likeness (QED) is 0.557. The number of carboxylic acid groups (broad SMARTS) is 1. The Morgan fingerprint density at radius 3 is 1.83 bits per heavy atom. The molecule has 26 valence electrons. The molecular weight excluding hydrogens is 457 g/mol. The summed E-state index contributed by atoms with van der Waals surface area (Å²) in [7, 11) is 0. The second-order valence-corrected chi connectivity index (χ2v) is 26.1. The van der Waals surface area contributed by atoms with Crippen molar-refractivity contribution in [2.45, 2.75) is 0.935 Å². The van der Waals surface area contributed by atoms with E-state index in [1.54, 1.807) is 0 Å². The second kappa shape index (κ2) is 3.36. The van der Waals surface area contributed by atoms with E-state index < -0.39 is 5.97 Å². The fraction of sp³-hybridized carbons (Fsp3) is 0.500. The summed E-state index contributed by atoms with van der Waals surface area (Å²) in [5, 5.41) is 8.09. The van der Waals surface area contributed by atoms with Crippen LogP contribution in [0.4, 0.5) is 0 Å². The van der Waals surface area contributed by atoms with Gasteiger partial charge >= 0.3 is 69.0 Å². The van der Waals surface area contributed by atoms with Gasteiger partial charge < -0.3 is 0 Å². The van der Waals surface area contributed by atoms with Crippen LogP contribution in [0.15, 0.2) is 0 Å². The van der Waals surface area contributed by atoms with E-state index in [0.29, 0.717) is 52.2 Å². The van der Waals surface area contributed by atoms with Gasteiger partial charge in [0.1, 0.15) is 0 Å². The van der Waals surface area contributed by atoms with Crippen LogP contribution in [-0.2, 0) is 57.0 Å². The molecule has 0 aromatic rings. The summed E-state index contributed by atoms with van der Waals surface area (Å²) >= 11 is 0.971. The first-order valence-electron chi connectivity index (χ1n) is 1.53. The molecule has 0 aliphatic rings. The molecule has 0 aromatic heterocycles. The number of rotatable bonds is 1. The van der Waals surface area contributed by atoms with Crippen molar-refractivity contribution in [3.63, 3.8) is 0 Å². The standard InChI is InChI=1S/C2H2O2.2Hg/c1-2(3)4;;/h1H,(H,3,4);;. The summed E-state index contributed by atoms with van der Waals surface area (Å²) in [6, 6.07) is 0. The minimum absolute atomic E-state index is 0.157. The van der Waals surface area contributed by atoms with Gasteiger partial charge in [0.05, 0.1) is 0 Å². The topological polar surface area (TPSA) is 37.3 Å². The predicted molar refractivity (Wildman–Crippen MR) is 11.4 cm³/mol. The first-order chi connectivity index (χ1) is 2.64. The SMILES string of the molecule is O=C(O)[CH]([Hg])[Hg]. The van der Waals surface area contributed by atoms with E-state index in [1.807, 2.05) is 0 Å². The number of carboxylic acids is 1. The van der Waals surface area contributed by atoms with Crippen molar-refractivity contribution in [1.29, 1.82) is 0 Å². The minimum atomic E-state index is -0.568. The molecule has 0 rings (SSSR count). The summed E-state index contributed by atoms with van der Waals surface area (Å²) in [5.41, 5.74) is 0. The fourth-order valence-corrected chi connectivity index (χ4v) is 0. The monoisotopic (exact) mass is 462 g/mol. The van der Waals surface area contributed by atoms with Gasteiger partial charge in [-0.05, 0) is 0 Å². The van der Waals surface area contributed by atoms with E-state index in [0.717, 1.165) is 0 Å². The zero-order valence-electron chi connectivity index (χ0n) is 3.35. The van der Waals surface area contributed by atoms with Gasteiger partial charge in [-0.25, -0.2) is 0 Å². The van der Waals surface area contributed by atoms with Crippen LogP contribution >= 0.6 is 0 Å². The molecule has 0 amide bonds. The van der Waals surface area contributed by atoms with Crippen LogP contribution < -0.4 is 0 Å². The van der Waals surface area contributed by atoms with Crippen molar-refractivity contribution in [3.05, 3.63) is 0 Å². The molecule has 0 unspecified atom stereocenters. The van der Waals surface area contributed by atoms with E-state index >= 15 is 0 Å². The van der Waals surface area contributed by atoms with Crippen molar-refractivity contribution in [2.24, 2.45) is 0 Å². The molecule has 0 saturated heterocycles. The van der Waals surface area contributed by atoms with Gasteiger partial charge in [-0.3, -0.25) is 0 Å². The van der Waals surface area contributed by atoms with Gasteiger partial charge in [0.2, 0.25) is 0 Å². The second-order valence-electron chi connectivity index (χ2n) is 1.04. The van der Waals surface area contributed by atoms with Gasteiger partial charge in [-0.2, -0.15) is 0 Å². The van der Waals surface area contributed by atoms with Gasteiger partial charge in [0.15, 0.2) is 0 Å². The van der Waals surface area contributed by atoms with Crippen molar-refractivity contribution < 1.29 is 62.1 Å². The Morgan fingerprint density at radius 2 is 1.83 bits per heavy atom. The summed E-state index contributed by atoms with van der Waals surface area (Å²) in [6.45, 7) is 0. The molecule has 2 nitrogen and oxygen atoms in total. The fourth-order valence-electron chi connectivity index (χ4n) is 0. The molecule has 1 N–H and O–H groups in total. The predicted octanol–water partition coefficient (Wildman–Crippen LogP) is -0.0894. The Hall–Kier alpha value is 1.34. The average Bonchev–Trinajstić information content (AvgIpc) is 1.36. The Kier molecular flexibility index (Phi) is 4.11. The Labute approximate surface area is 68.2 Å². The number of hydrogen-bond acceptors (Lipinski definition) is 1. The van der Waals surface area contributed by atoms with Gasteiger partial charge in [-0.15, -0.1) is 0 Å². The first-order valence-corrected chi connectivity index (χ1v) is 7.88. The summed E-state index contributed by atoms with van der Waals surface area (Å²) in [6.07, 6.45) is 0. The Balaban J connectivity index is 3.26. The maximum absolute atomic E-state index is 9.80. The zero-order valence-corrected chi connectivity index (χ0v) is 14.3. The van der Waals surface area contributed by atoms with Crippen LogP contribution in [0.1, 0.15) is 0 Å². The van der Waals surface area contributed by atoms with Gasteiger partial charge in [0.25, 0.3) is 0 Å². The molecule has 6 heavy (non-hydrogen) atoms. The van der Waals surface area contributed by atoms with E-state index in [4.69, 9.17) is 5.11 Å². The molecule has 0 spiro atoms. The van der Waals surface area contributed by atoms with Crippen LogP contribution in [0, 0.1) is 0 Å². The maximum atomic E-state index is 9.80. The number of carbonyl (C=O) groups is 1. The molecule has 0 aliphatic heterocycles. The molecule has 0 heterocycles. The first kappa shape index (κ1) is 7.34. The number of hydrogen-bond donors (Lipinski definition) is 1. The van der Waals surface area contributed by atoms with Crippen molar-refractivity contribution in [1.82, 2.24) is 0 Å². The molecule has 0 bridgehead atoms. The molecule has 0 aliphatic carbocycles. The molecule has 0 radical (unpaired) electrons. The molecule has 0 fully saturated rings. The normalized spacial score (nSPS) is 9.50. The van der Waals surface area contributed by atoms with Crippen LogP contribution in [-0.4, -0.2) is 11.1 Å². The van der Waals surface area contributed by atoms with Gasteiger partial charge in [0, 0.05) is 0 Å². The molecule has 0 aromatic carbocycles. The van der Waals surface area contributed by atoms with Crippen LogP contribution in [0.25, 0.3) is 0 Å². The molecule has 0 atom stereocenters. The van der Waals surface area contributed by atoms with E-state index in [-0.39, 0.29) is 0.935 Å². The van der Waals surface area contributed by atoms with Crippen LogP contribution in [0.2, 0.25) is 0.935 Å². The van der Waals surface area contributed by atoms with E-state index in [1.165, 1.54) is 0 Å². The average molecular weight is 459 g/mol. The third-order valence-electron chi connectivity index (χ3n) is 0.349. The number of aliphatic carboxylic acids is 1. The summed E-state index contributed by atoms with van der Waals surface area (Å²) in [4.78, 5) is 9.80. The van der Waals surface area contributed by atoms with E-state index in [9.17, 15) is 4.79 Å². The van der Waals surface area contributed by atoms with Crippen molar-refractivity contribution >= 4 is 5.97 Å². The third kappa shape index (κ3) is 3.53. The summed E-state index contributed by atoms with van der Waals surface area (Å²) < 4.78 is 0.157. The molecule has 0 saturated carbocycles. The van der Waals surface area contributed by atoms with Crippen molar-refractivity contribution in [2.75, 3.05) is 0 Å². The van der Waals surface area contributed by atoms with Crippen LogP contribution in [0.5, 0.6) is 0 Å².